The van der Waals surface area contributed by atoms with Crippen LogP contribution < -0.4 is 0 Å². The Balaban J connectivity index is 1.90. The lowest BCUT2D eigenvalue weighted by molar-refractivity contribution is 0.0147. The monoisotopic (exact) mass is 375 g/mol. The molecule has 0 aromatic carbocycles. The average Bonchev–Trinajstić information content (AvgIpc) is 2.92. The molecule has 1 saturated heterocycles. The minimum absolute atomic E-state index is 0.109. The summed E-state index contributed by atoms with van der Waals surface area (Å²) in [5.74, 6) is 0.956. The molecule has 0 radical (unpaired) electrons. The summed E-state index contributed by atoms with van der Waals surface area (Å²) in [5, 5.41) is 1.04. The van der Waals surface area contributed by atoms with Crippen LogP contribution in [0.3, 0.4) is 0 Å². The summed E-state index contributed by atoms with van der Waals surface area (Å²) < 4.78 is 5.70. The van der Waals surface area contributed by atoms with E-state index in [1.165, 1.54) is 11.3 Å². The molecule has 0 unspecified atom stereocenters. The maximum atomic E-state index is 13.1. The first-order valence-electron chi connectivity index (χ1n) is 9.41. The highest BCUT2D eigenvalue weighted by molar-refractivity contribution is 7.20. The van der Waals surface area contributed by atoms with E-state index in [2.05, 4.69) is 20.8 Å². The SMILES string of the molecule is CCOC1CCN(C(=O)c2sc3nc(C(C)(C)C)nc(C)c3c2C)CC1. The fourth-order valence-corrected chi connectivity index (χ4v) is 4.68. The van der Waals surface area contributed by atoms with E-state index in [9.17, 15) is 4.79 Å². The van der Waals surface area contributed by atoms with Gasteiger partial charge in [-0.3, -0.25) is 4.79 Å². The van der Waals surface area contributed by atoms with Gasteiger partial charge in [0.25, 0.3) is 5.91 Å². The van der Waals surface area contributed by atoms with Crippen molar-refractivity contribution in [2.75, 3.05) is 19.7 Å². The zero-order valence-corrected chi connectivity index (χ0v) is 17.5. The number of piperidine rings is 1. The summed E-state index contributed by atoms with van der Waals surface area (Å²) in [6.45, 7) is 14.7. The molecule has 1 aliphatic rings. The third-order valence-corrected chi connectivity index (χ3v) is 6.14. The summed E-state index contributed by atoms with van der Waals surface area (Å²) in [5.41, 5.74) is 1.87. The Hall–Kier alpha value is -1.53. The Labute approximate surface area is 159 Å². The molecule has 1 fully saturated rings. The number of rotatable bonds is 3. The van der Waals surface area contributed by atoms with Crippen molar-refractivity contribution in [3.63, 3.8) is 0 Å². The molecule has 0 saturated carbocycles. The number of likely N-dealkylation sites (tertiary alicyclic amines) is 1. The lowest BCUT2D eigenvalue weighted by Crippen LogP contribution is -2.40. The maximum Gasteiger partial charge on any atom is 0.264 e. The molecular weight excluding hydrogens is 346 g/mol. The molecule has 0 N–H and O–H groups in total. The van der Waals surface area contributed by atoms with Gasteiger partial charge in [-0.1, -0.05) is 20.8 Å². The summed E-state index contributed by atoms with van der Waals surface area (Å²) in [6, 6.07) is 0. The number of aryl methyl sites for hydroxylation is 2. The van der Waals surface area contributed by atoms with Crippen molar-refractivity contribution in [1.29, 1.82) is 0 Å². The molecule has 1 aliphatic heterocycles. The molecule has 3 heterocycles. The molecule has 1 amide bonds. The highest BCUT2D eigenvalue weighted by Crippen LogP contribution is 2.34. The van der Waals surface area contributed by atoms with E-state index < -0.39 is 0 Å². The molecule has 2 aromatic rings. The van der Waals surface area contributed by atoms with Crippen molar-refractivity contribution in [3.8, 4) is 0 Å². The van der Waals surface area contributed by atoms with Gasteiger partial charge in [-0.2, -0.15) is 0 Å². The maximum absolute atomic E-state index is 13.1. The van der Waals surface area contributed by atoms with Gasteiger partial charge in [-0.05, 0) is 39.2 Å². The third-order valence-electron chi connectivity index (χ3n) is 4.97. The number of amides is 1. The first-order chi connectivity index (χ1) is 12.2. The second kappa shape index (κ2) is 7.24. The second-order valence-electron chi connectivity index (χ2n) is 8.07. The molecule has 0 spiro atoms. The van der Waals surface area contributed by atoms with Crippen molar-refractivity contribution in [2.24, 2.45) is 0 Å². The fourth-order valence-electron chi connectivity index (χ4n) is 3.48. The summed E-state index contributed by atoms with van der Waals surface area (Å²) in [6.07, 6.45) is 2.11. The van der Waals surface area contributed by atoms with Crippen molar-refractivity contribution in [3.05, 3.63) is 22.0 Å². The van der Waals surface area contributed by atoms with Gasteiger partial charge in [0.1, 0.15) is 10.7 Å². The standard InChI is InChI=1S/C20H29N3O2S/c1-7-25-14-8-10-23(11-9-14)18(24)16-12(2)15-13(3)21-19(20(4,5)6)22-17(15)26-16/h14H,7-11H2,1-6H3. The molecule has 2 aromatic heterocycles. The van der Waals surface area contributed by atoms with Crippen molar-refractivity contribution in [1.82, 2.24) is 14.9 Å². The molecule has 0 atom stereocenters. The number of aromatic nitrogens is 2. The van der Waals surface area contributed by atoms with Crippen LogP contribution in [0.1, 0.15) is 67.3 Å². The molecular formula is C20H29N3O2S. The van der Waals surface area contributed by atoms with Gasteiger partial charge in [0.05, 0.1) is 16.7 Å². The summed E-state index contributed by atoms with van der Waals surface area (Å²) in [7, 11) is 0. The van der Waals surface area contributed by atoms with Gasteiger partial charge in [0, 0.05) is 30.5 Å². The van der Waals surface area contributed by atoms with Crippen molar-refractivity contribution in [2.45, 2.75) is 65.9 Å². The smallest absolute Gasteiger partial charge is 0.264 e. The first kappa shape index (κ1) is 19.2. The summed E-state index contributed by atoms with van der Waals surface area (Å²) >= 11 is 1.51. The van der Waals surface area contributed by atoms with E-state index in [4.69, 9.17) is 14.7 Å². The van der Waals surface area contributed by atoms with Crippen LogP contribution in [0.2, 0.25) is 0 Å². The van der Waals surface area contributed by atoms with Gasteiger partial charge in [0.15, 0.2) is 0 Å². The van der Waals surface area contributed by atoms with E-state index in [1.54, 1.807) is 0 Å². The van der Waals surface area contributed by atoms with Gasteiger partial charge in [0.2, 0.25) is 0 Å². The Bertz CT molecular complexity index is 815. The summed E-state index contributed by atoms with van der Waals surface area (Å²) in [4.78, 5) is 26.3. The molecule has 26 heavy (non-hydrogen) atoms. The van der Waals surface area contributed by atoms with Gasteiger partial charge < -0.3 is 9.64 Å². The Morgan fingerprint density at radius 3 is 2.46 bits per heavy atom. The minimum Gasteiger partial charge on any atom is -0.378 e. The van der Waals surface area contributed by atoms with E-state index in [-0.39, 0.29) is 17.4 Å². The van der Waals surface area contributed by atoms with Gasteiger partial charge in [-0.15, -0.1) is 11.3 Å². The molecule has 5 nitrogen and oxygen atoms in total. The van der Waals surface area contributed by atoms with Crippen LogP contribution in [0, 0.1) is 13.8 Å². The van der Waals surface area contributed by atoms with Gasteiger partial charge in [-0.25, -0.2) is 9.97 Å². The second-order valence-corrected chi connectivity index (χ2v) is 9.06. The van der Waals surface area contributed by atoms with Crippen LogP contribution in [0.4, 0.5) is 0 Å². The number of ether oxygens (including phenoxy) is 1. The van der Waals surface area contributed by atoms with Crippen LogP contribution in [0.5, 0.6) is 0 Å². The molecule has 6 heteroatoms. The number of hydrogen-bond donors (Lipinski definition) is 0. The van der Waals surface area contributed by atoms with Crippen LogP contribution in [-0.2, 0) is 10.2 Å². The number of fused-ring (bicyclic) bond motifs is 1. The fraction of sp³-hybridized carbons (Fsp3) is 0.650. The number of thiophene rings is 1. The highest BCUT2D eigenvalue weighted by Gasteiger charge is 2.28. The predicted octanol–water partition coefficient (Wildman–Crippen LogP) is 4.25. The number of carbonyl (C=O) groups excluding carboxylic acids is 1. The topological polar surface area (TPSA) is 55.3 Å². The van der Waals surface area contributed by atoms with Crippen LogP contribution in [0.15, 0.2) is 0 Å². The third kappa shape index (κ3) is 3.62. The Kier molecular flexibility index (Phi) is 5.35. The molecule has 0 aliphatic carbocycles. The highest BCUT2D eigenvalue weighted by atomic mass is 32.1. The Morgan fingerprint density at radius 2 is 1.88 bits per heavy atom. The van der Waals surface area contributed by atoms with E-state index >= 15 is 0 Å². The van der Waals surface area contributed by atoms with Crippen molar-refractivity contribution >= 4 is 27.5 Å². The normalized spacial score (nSPS) is 16.5. The van der Waals surface area contributed by atoms with E-state index in [1.807, 2.05) is 25.7 Å². The van der Waals surface area contributed by atoms with Crippen LogP contribution in [-0.4, -0.2) is 46.6 Å². The van der Waals surface area contributed by atoms with Crippen molar-refractivity contribution < 1.29 is 9.53 Å². The van der Waals surface area contributed by atoms with Gasteiger partial charge >= 0.3 is 0 Å². The first-order valence-corrected chi connectivity index (χ1v) is 10.2. The van der Waals surface area contributed by atoms with E-state index in [0.717, 1.165) is 64.7 Å². The predicted molar refractivity (Wildman–Crippen MR) is 106 cm³/mol. The lowest BCUT2D eigenvalue weighted by Gasteiger charge is -2.31. The zero-order valence-electron chi connectivity index (χ0n) is 16.7. The van der Waals surface area contributed by atoms with E-state index in [0.29, 0.717) is 0 Å². The zero-order chi connectivity index (χ0) is 19.1. The number of hydrogen-bond acceptors (Lipinski definition) is 5. The number of carbonyl (C=O) groups is 1. The lowest BCUT2D eigenvalue weighted by atomic mass is 9.95. The van der Waals surface area contributed by atoms with Crippen LogP contribution in [0.25, 0.3) is 10.2 Å². The Morgan fingerprint density at radius 1 is 1.23 bits per heavy atom. The molecule has 142 valence electrons. The molecule has 3 rings (SSSR count). The number of nitrogens with zero attached hydrogens (tertiary/aromatic N) is 3. The quantitative estimate of drug-likeness (QED) is 0.805. The molecule has 0 bridgehead atoms. The van der Waals surface area contributed by atoms with Crippen LogP contribution >= 0.6 is 11.3 Å². The minimum atomic E-state index is -0.109. The average molecular weight is 376 g/mol. The largest absolute Gasteiger partial charge is 0.378 e.